The van der Waals surface area contributed by atoms with Crippen LogP contribution in [-0.2, 0) is 0 Å². The van der Waals surface area contributed by atoms with Crippen LogP contribution in [0.25, 0.3) is 5.52 Å². The Morgan fingerprint density at radius 2 is 2.36 bits per heavy atom. The summed E-state index contributed by atoms with van der Waals surface area (Å²) in [6.45, 7) is 1.85. The summed E-state index contributed by atoms with van der Waals surface area (Å²) in [6.07, 6.45) is 4.94. The van der Waals surface area contributed by atoms with Crippen LogP contribution in [-0.4, -0.2) is 9.38 Å². The molecule has 0 spiro atoms. The number of pyridine rings is 1. The van der Waals surface area contributed by atoms with Crippen LogP contribution in [0.15, 0.2) is 24.8 Å². The summed E-state index contributed by atoms with van der Waals surface area (Å²) in [7, 11) is 0. The lowest BCUT2D eigenvalue weighted by molar-refractivity contribution is 0.632. The van der Waals surface area contributed by atoms with Crippen LogP contribution in [0.5, 0.6) is 0 Å². The highest BCUT2D eigenvalue weighted by Gasteiger charge is 2.00. The van der Waals surface area contributed by atoms with Crippen LogP contribution in [0.3, 0.4) is 0 Å². The van der Waals surface area contributed by atoms with Crippen molar-refractivity contribution in [3.05, 3.63) is 36.2 Å². The summed E-state index contributed by atoms with van der Waals surface area (Å²) in [5.41, 5.74) is 1.42. The molecule has 0 unspecified atom stereocenters. The summed E-state index contributed by atoms with van der Waals surface area (Å²) < 4.78 is 14.7. The Kier molecular flexibility index (Phi) is 1.18. The second-order valence-corrected chi connectivity index (χ2v) is 2.55. The molecule has 0 amide bonds. The third kappa shape index (κ3) is 0.888. The van der Waals surface area contributed by atoms with Crippen molar-refractivity contribution in [3.63, 3.8) is 0 Å². The molecule has 2 nitrogen and oxygen atoms in total. The Hall–Kier alpha value is -1.38. The van der Waals surface area contributed by atoms with Gasteiger partial charge in [0.15, 0.2) is 0 Å². The van der Waals surface area contributed by atoms with Crippen molar-refractivity contribution < 1.29 is 4.39 Å². The highest BCUT2D eigenvalue weighted by Crippen LogP contribution is 2.09. The van der Waals surface area contributed by atoms with Gasteiger partial charge in [0.2, 0.25) is 0 Å². The third-order valence-electron chi connectivity index (χ3n) is 1.61. The number of aryl methyl sites for hydroxylation is 1. The molecule has 0 aliphatic carbocycles. The van der Waals surface area contributed by atoms with E-state index in [1.54, 1.807) is 10.7 Å². The van der Waals surface area contributed by atoms with Gasteiger partial charge in [-0.2, -0.15) is 0 Å². The summed E-state index contributed by atoms with van der Waals surface area (Å²) in [5, 5.41) is 0. The number of fused-ring (bicyclic) bond motifs is 1. The fourth-order valence-electron chi connectivity index (χ4n) is 1.12. The molecule has 0 fully saturated rings. The van der Waals surface area contributed by atoms with E-state index in [-0.39, 0.29) is 5.82 Å². The van der Waals surface area contributed by atoms with Crippen molar-refractivity contribution in [1.29, 1.82) is 0 Å². The molecule has 0 saturated heterocycles. The largest absolute Gasteiger partial charge is 0.303 e. The lowest BCUT2D eigenvalue weighted by Gasteiger charge is -1.96. The van der Waals surface area contributed by atoms with Gasteiger partial charge < -0.3 is 4.40 Å². The molecule has 0 radical (unpaired) electrons. The topological polar surface area (TPSA) is 17.3 Å². The second kappa shape index (κ2) is 2.05. The first kappa shape index (κ1) is 6.34. The van der Waals surface area contributed by atoms with Crippen LogP contribution >= 0.6 is 0 Å². The van der Waals surface area contributed by atoms with E-state index in [4.69, 9.17) is 0 Å². The smallest absolute Gasteiger partial charge is 0.149 e. The van der Waals surface area contributed by atoms with E-state index in [0.717, 1.165) is 5.56 Å². The number of hydrogen-bond donors (Lipinski definition) is 0. The molecule has 0 N–H and O–H groups in total. The number of hydrogen-bond acceptors (Lipinski definition) is 1. The molecule has 0 aromatic carbocycles. The van der Waals surface area contributed by atoms with E-state index in [1.807, 2.05) is 13.1 Å². The van der Waals surface area contributed by atoms with Gasteiger partial charge in [-0.1, -0.05) is 0 Å². The van der Waals surface area contributed by atoms with E-state index >= 15 is 0 Å². The van der Waals surface area contributed by atoms with Gasteiger partial charge in [0.1, 0.15) is 11.3 Å². The fourth-order valence-corrected chi connectivity index (χ4v) is 1.12. The van der Waals surface area contributed by atoms with Crippen LogP contribution in [0.4, 0.5) is 4.39 Å². The van der Waals surface area contributed by atoms with E-state index in [2.05, 4.69) is 4.98 Å². The third-order valence-corrected chi connectivity index (χ3v) is 1.61. The predicted octanol–water partition coefficient (Wildman–Crippen LogP) is 1.78. The van der Waals surface area contributed by atoms with E-state index in [0.29, 0.717) is 5.52 Å². The van der Waals surface area contributed by atoms with Gasteiger partial charge in [-0.3, -0.25) is 0 Å². The van der Waals surface area contributed by atoms with Gasteiger partial charge in [-0.15, -0.1) is 0 Å². The molecule has 0 bridgehead atoms. The average Bonchev–Trinajstić information content (AvgIpc) is 2.34. The zero-order chi connectivity index (χ0) is 7.84. The van der Waals surface area contributed by atoms with Gasteiger partial charge >= 0.3 is 0 Å². The molecule has 0 aliphatic heterocycles. The molecular weight excluding hydrogens is 143 g/mol. The van der Waals surface area contributed by atoms with Crippen LogP contribution < -0.4 is 0 Å². The number of imidazole rings is 1. The Morgan fingerprint density at radius 3 is 3.18 bits per heavy atom. The predicted molar refractivity (Wildman–Crippen MR) is 39.9 cm³/mol. The summed E-state index contributed by atoms with van der Waals surface area (Å²) in [5.74, 6) is -0.220. The summed E-state index contributed by atoms with van der Waals surface area (Å²) >= 11 is 0. The fraction of sp³-hybridized carbons (Fsp3) is 0.125. The zero-order valence-electron chi connectivity index (χ0n) is 6.08. The molecule has 0 aliphatic rings. The molecule has 2 aromatic heterocycles. The normalized spacial score (nSPS) is 10.7. The Balaban J connectivity index is 2.91. The lowest BCUT2D eigenvalue weighted by Crippen LogP contribution is -1.87. The van der Waals surface area contributed by atoms with Crippen molar-refractivity contribution in [1.82, 2.24) is 9.38 Å². The minimum absolute atomic E-state index is 0.220. The summed E-state index contributed by atoms with van der Waals surface area (Å²) in [4.78, 5) is 3.83. The minimum Gasteiger partial charge on any atom is -0.303 e. The van der Waals surface area contributed by atoms with Gasteiger partial charge in [-0.25, -0.2) is 9.37 Å². The zero-order valence-corrected chi connectivity index (χ0v) is 6.08. The van der Waals surface area contributed by atoms with Crippen molar-refractivity contribution in [2.45, 2.75) is 6.92 Å². The van der Waals surface area contributed by atoms with Crippen molar-refractivity contribution >= 4 is 5.52 Å². The van der Waals surface area contributed by atoms with Gasteiger partial charge in [-0.05, 0) is 18.6 Å². The van der Waals surface area contributed by atoms with Crippen molar-refractivity contribution in [2.24, 2.45) is 0 Å². The van der Waals surface area contributed by atoms with Crippen molar-refractivity contribution in [2.75, 3.05) is 0 Å². The van der Waals surface area contributed by atoms with E-state index in [9.17, 15) is 4.39 Å². The second-order valence-electron chi connectivity index (χ2n) is 2.55. The molecule has 56 valence electrons. The Bertz CT molecular complexity index is 392. The van der Waals surface area contributed by atoms with Crippen LogP contribution in [0, 0.1) is 12.7 Å². The lowest BCUT2D eigenvalue weighted by atomic mass is 10.3. The molecule has 0 saturated carbocycles. The number of halogens is 1. The Labute approximate surface area is 63.3 Å². The monoisotopic (exact) mass is 150 g/mol. The number of nitrogens with zero attached hydrogens (tertiary/aromatic N) is 2. The molecule has 0 atom stereocenters. The highest BCUT2D eigenvalue weighted by atomic mass is 19.1. The molecular formula is C8H7FN2. The van der Waals surface area contributed by atoms with Crippen molar-refractivity contribution in [3.8, 4) is 0 Å². The highest BCUT2D eigenvalue weighted by molar-refractivity contribution is 5.46. The molecule has 3 heteroatoms. The molecule has 11 heavy (non-hydrogen) atoms. The average molecular weight is 150 g/mol. The SMILES string of the molecule is Cc1cc(F)c2cncn2c1. The first-order valence-electron chi connectivity index (χ1n) is 3.35. The maximum atomic E-state index is 13.0. The van der Waals surface area contributed by atoms with E-state index in [1.165, 1.54) is 12.3 Å². The minimum atomic E-state index is -0.220. The first-order chi connectivity index (χ1) is 5.27. The quantitative estimate of drug-likeness (QED) is 0.559. The standard InChI is InChI=1S/C8H7FN2/c1-6-2-7(9)8-3-10-5-11(8)4-6/h2-5H,1H3. The van der Waals surface area contributed by atoms with Crippen LogP contribution in [0.1, 0.15) is 5.56 Å². The molecule has 2 aromatic rings. The number of aromatic nitrogens is 2. The molecule has 2 heterocycles. The van der Waals surface area contributed by atoms with Crippen LogP contribution in [0.2, 0.25) is 0 Å². The molecule has 2 rings (SSSR count). The van der Waals surface area contributed by atoms with Gasteiger partial charge in [0, 0.05) is 6.20 Å². The maximum absolute atomic E-state index is 13.0. The summed E-state index contributed by atoms with van der Waals surface area (Å²) in [6, 6.07) is 1.50. The Morgan fingerprint density at radius 1 is 1.55 bits per heavy atom. The number of rotatable bonds is 0. The maximum Gasteiger partial charge on any atom is 0.149 e. The van der Waals surface area contributed by atoms with Gasteiger partial charge in [0.05, 0.1) is 12.5 Å². The van der Waals surface area contributed by atoms with E-state index < -0.39 is 0 Å². The van der Waals surface area contributed by atoms with Gasteiger partial charge in [0.25, 0.3) is 0 Å². The first-order valence-corrected chi connectivity index (χ1v) is 3.35.